The van der Waals surface area contributed by atoms with Gasteiger partial charge in [0.15, 0.2) is 0 Å². The second-order valence-electron chi connectivity index (χ2n) is 6.21. The molecule has 1 heterocycles. The molecule has 22 heavy (non-hydrogen) atoms. The van der Waals surface area contributed by atoms with E-state index in [0.717, 1.165) is 6.42 Å². The first kappa shape index (κ1) is 18.4. The Morgan fingerprint density at radius 3 is 1.77 bits per heavy atom. The molecular formula is C15H30N6O. The van der Waals surface area contributed by atoms with Gasteiger partial charge in [0.05, 0.1) is 12.6 Å². The number of aromatic nitrogens is 3. The number of hydrogen-bond acceptors (Lipinski definition) is 7. The van der Waals surface area contributed by atoms with Crippen molar-refractivity contribution in [1.82, 2.24) is 15.0 Å². The highest BCUT2D eigenvalue weighted by Gasteiger charge is 2.14. The van der Waals surface area contributed by atoms with E-state index in [-0.39, 0.29) is 24.7 Å². The quantitative estimate of drug-likeness (QED) is 0.556. The molecule has 126 valence electrons. The van der Waals surface area contributed by atoms with Crippen LogP contribution in [0.1, 0.15) is 48.0 Å². The van der Waals surface area contributed by atoms with Gasteiger partial charge in [-0.25, -0.2) is 0 Å². The summed E-state index contributed by atoms with van der Waals surface area (Å²) in [6, 6.07) is 0.414. The lowest BCUT2D eigenvalue weighted by Crippen LogP contribution is -2.27. The minimum atomic E-state index is -0.0651. The molecule has 0 aliphatic carbocycles. The van der Waals surface area contributed by atoms with Gasteiger partial charge in [-0.2, -0.15) is 15.0 Å². The van der Waals surface area contributed by atoms with Crippen molar-refractivity contribution in [2.45, 2.75) is 66.1 Å². The van der Waals surface area contributed by atoms with E-state index in [1.165, 1.54) is 0 Å². The predicted octanol–water partition coefficient (Wildman–Crippen LogP) is 2.33. The second kappa shape index (κ2) is 8.73. The van der Waals surface area contributed by atoms with E-state index < -0.39 is 0 Å². The van der Waals surface area contributed by atoms with Gasteiger partial charge in [-0.05, 0) is 33.1 Å². The molecule has 7 nitrogen and oxygen atoms in total. The molecule has 0 saturated carbocycles. The zero-order valence-electron chi connectivity index (χ0n) is 14.5. The molecule has 0 aromatic carbocycles. The minimum Gasteiger partial charge on any atom is -0.394 e. The summed E-state index contributed by atoms with van der Waals surface area (Å²) in [5, 5.41) is 19.0. The molecule has 0 fully saturated rings. The minimum absolute atomic E-state index is 0.0419. The summed E-state index contributed by atoms with van der Waals surface area (Å²) in [7, 11) is 0. The number of nitrogens with one attached hydrogen (secondary N) is 3. The lowest BCUT2D eigenvalue weighted by Gasteiger charge is -2.20. The summed E-state index contributed by atoms with van der Waals surface area (Å²) < 4.78 is 0. The number of aliphatic hydroxyl groups excluding tert-OH is 1. The third kappa shape index (κ3) is 6.01. The van der Waals surface area contributed by atoms with Crippen LogP contribution in [0.15, 0.2) is 0 Å². The summed E-state index contributed by atoms with van der Waals surface area (Å²) >= 11 is 0. The third-order valence-electron chi connectivity index (χ3n) is 3.46. The van der Waals surface area contributed by atoms with Crippen molar-refractivity contribution in [1.29, 1.82) is 0 Å². The Hall–Kier alpha value is -1.63. The fourth-order valence-corrected chi connectivity index (χ4v) is 1.66. The van der Waals surface area contributed by atoms with Gasteiger partial charge < -0.3 is 21.1 Å². The summed E-state index contributed by atoms with van der Waals surface area (Å²) in [4.78, 5) is 13.2. The zero-order chi connectivity index (χ0) is 16.7. The van der Waals surface area contributed by atoms with Gasteiger partial charge in [0.25, 0.3) is 0 Å². The fraction of sp³-hybridized carbons (Fsp3) is 0.800. The van der Waals surface area contributed by atoms with Crippen LogP contribution in [-0.4, -0.2) is 44.8 Å². The monoisotopic (exact) mass is 310 g/mol. The van der Waals surface area contributed by atoms with Crippen molar-refractivity contribution in [2.24, 2.45) is 5.92 Å². The van der Waals surface area contributed by atoms with E-state index in [1.807, 2.05) is 20.8 Å². The molecule has 0 bridgehead atoms. The third-order valence-corrected chi connectivity index (χ3v) is 3.46. The van der Waals surface area contributed by atoms with E-state index in [0.29, 0.717) is 23.8 Å². The lowest BCUT2D eigenvalue weighted by molar-refractivity contribution is 0.271. The zero-order valence-corrected chi connectivity index (χ0v) is 14.5. The number of anilines is 3. The van der Waals surface area contributed by atoms with Gasteiger partial charge in [-0.3, -0.25) is 0 Å². The van der Waals surface area contributed by atoms with Crippen LogP contribution in [0.2, 0.25) is 0 Å². The van der Waals surface area contributed by atoms with Crippen molar-refractivity contribution >= 4 is 17.8 Å². The van der Waals surface area contributed by atoms with Crippen LogP contribution in [0, 0.1) is 5.92 Å². The van der Waals surface area contributed by atoms with E-state index in [9.17, 15) is 5.11 Å². The number of nitrogens with zero attached hydrogens (tertiary/aromatic N) is 3. The Balaban J connectivity index is 2.99. The topological polar surface area (TPSA) is 95.0 Å². The maximum Gasteiger partial charge on any atom is 0.229 e. The summed E-state index contributed by atoms with van der Waals surface area (Å²) in [6.45, 7) is 12.5. The van der Waals surface area contributed by atoms with Crippen LogP contribution in [0.3, 0.4) is 0 Å². The van der Waals surface area contributed by atoms with Crippen LogP contribution in [0.25, 0.3) is 0 Å². The van der Waals surface area contributed by atoms with Gasteiger partial charge >= 0.3 is 0 Å². The average Bonchev–Trinajstić information content (AvgIpc) is 2.43. The SMILES string of the molecule is CC[C@H](CO)Nc1nc(NC(C)C)nc(NC(C)C(C)C)n1. The Morgan fingerprint density at radius 1 is 0.864 bits per heavy atom. The summed E-state index contributed by atoms with van der Waals surface area (Å²) in [5.41, 5.74) is 0. The van der Waals surface area contributed by atoms with Crippen LogP contribution in [-0.2, 0) is 0 Å². The Morgan fingerprint density at radius 2 is 1.36 bits per heavy atom. The van der Waals surface area contributed by atoms with Crippen molar-refractivity contribution in [3.8, 4) is 0 Å². The van der Waals surface area contributed by atoms with Crippen LogP contribution in [0.4, 0.5) is 17.8 Å². The highest BCUT2D eigenvalue weighted by atomic mass is 16.3. The Labute approximate surface area is 133 Å². The first-order valence-corrected chi connectivity index (χ1v) is 8.02. The predicted molar refractivity (Wildman–Crippen MR) is 91.3 cm³/mol. The number of aliphatic hydroxyl groups is 1. The maximum atomic E-state index is 9.32. The van der Waals surface area contributed by atoms with E-state index in [4.69, 9.17) is 0 Å². The van der Waals surface area contributed by atoms with Crippen LogP contribution < -0.4 is 16.0 Å². The number of hydrogen-bond donors (Lipinski definition) is 4. The van der Waals surface area contributed by atoms with Gasteiger partial charge in [-0.15, -0.1) is 0 Å². The highest BCUT2D eigenvalue weighted by molar-refractivity contribution is 5.43. The van der Waals surface area contributed by atoms with E-state index in [2.05, 4.69) is 51.7 Å². The second-order valence-corrected chi connectivity index (χ2v) is 6.21. The normalized spacial score (nSPS) is 14.0. The van der Waals surface area contributed by atoms with E-state index >= 15 is 0 Å². The van der Waals surface area contributed by atoms with Crippen molar-refractivity contribution in [3.05, 3.63) is 0 Å². The van der Waals surface area contributed by atoms with Crippen molar-refractivity contribution < 1.29 is 5.11 Å². The maximum absolute atomic E-state index is 9.32. The van der Waals surface area contributed by atoms with Gasteiger partial charge in [0, 0.05) is 12.1 Å². The molecule has 0 amide bonds. The Bertz CT molecular complexity index is 425. The van der Waals surface area contributed by atoms with Crippen molar-refractivity contribution in [2.75, 3.05) is 22.6 Å². The summed E-state index contributed by atoms with van der Waals surface area (Å²) in [6.07, 6.45) is 0.792. The molecule has 0 radical (unpaired) electrons. The average molecular weight is 310 g/mol. The van der Waals surface area contributed by atoms with Crippen LogP contribution >= 0.6 is 0 Å². The van der Waals surface area contributed by atoms with Crippen molar-refractivity contribution in [3.63, 3.8) is 0 Å². The first-order valence-electron chi connectivity index (χ1n) is 8.02. The molecule has 1 unspecified atom stereocenters. The highest BCUT2D eigenvalue weighted by Crippen LogP contribution is 2.14. The number of rotatable bonds is 9. The Kier molecular flexibility index (Phi) is 7.31. The molecule has 0 aliphatic heterocycles. The standard InChI is InChI=1S/C15H30N6O/c1-7-12(8-22)18-15-20-13(16-10(4)5)19-14(21-15)17-11(6)9(2)3/h9-12,22H,7-8H2,1-6H3,(H3,16,17,18,19,20,21)/t11?,12-/m1/s1. The molecule has 7 heteroatoms. The van der Waals surface area contributed by atoms with Gasteiger partial charge in [0.1, 0.15) is 0 Å². The molecule has 1 aromatic rings. The largest absolute Gasteiger partial charge is 0.394 e. The molecule has 0 saturated heterocycles. The molecular weight excluding hydrogens is 280 g/mol. The van der Waals surface area contributed by atoms with E-state index in [1.54, 1.807) is 0 Å². The van der Waals surface area contributed by atoms with Gasteiger partial charge in [-0.1, -0.05) is 20.8 Å². The fourth-order valence-electron chi connectivity index (χ4n) is 1.66. The first-order chi connectivity index (χ1) is 10.3. The summed E-state index contributed by atoms with van der Waals surface area (Å²) in [5.74, 6) is 2.00. The smallest absolute Gasteiger partial charge is 0.229 e. The molecule has 0 spiro atoms. The molecule has 4 N–H and O–H groups in total. The lowest BCUT2D eigenvalue weighted by atomic mass is 10.1. The molecule has 1 aromatic heterocycles. The molecule has 2 atom stereocenters. The van der Waals surface area contributed by atoms with Crippen LogP contribution in [0.5, 0.6) is 0 Å². The molecule has 0 aliphatic rings. The van der Waals surface area contributed by atoms with Gasteiger partial charge in [0.2, 0.25) is 17.8 Å². The molecule has 1 rings (SSSR count).